The molecule has 17 nitrogen and oxygen atoms in total. The number of fused-ring (bicyclic) bond motifs is 2. The number of nitrogens with one attached hydrogen (secondary N) is 4. The van der Waals surface area contributed by atoms with Gasteiger partial charge in [0.05, 0.1) is 69.3 Å². The Morgan fingerprint density at radius 1 is 0.595 bits per heavy atom. The number of ketones is 2. The lowest BCUT2D eigenvalue weighted by Gasteiger charge is -2.36. The summed E-state index contributed by atoms with van der Waals surface area (Å²) in [6.45, 7) is 1.48. The molecule has 2 atom stereocenters. The summed E-state index contributed by atoms with van der Waals surface area (Å²) in [5.74, 6) is -6.18. The van der Waals surface area contributed by atoms with Crippen molar-refractivity contribution in [3.05, 3.63) is 174 Å². The lowest BCUT2D eigenvalue weighted by molar-refractivity contribution is -0.124. The first-order chi connectivity index (χ1) is 35.2. The Balaban J connectivity index is 1.54. The topological polar surface area (TPSA) is 265 Å². The van der Waals surface area contributed by atoms with Crippen LogP contribution >= 0.6 is 0 Å². The molecular weight excluding hydrogens is 1000 g/mol. The van der Waals surface area contributed by atoms with Gasteiger partial charge in [-0.25, -0.2) is 30.0 Å². The van der Waals surface area contributed by atoms with Crippen LogP contribution in [0.15, 0.2) is 161 Å². The third-order valence-corrected chi connectivity index (χ3v) is 15.6. The Morgan fingerprint density at radius 2 is 1.14 bits per heavy atom. The fraction of sp³-hybridized carbons (Fsp3) is 0.204. The van der Waals surface area contributed by atoms with Crippen LogP contribution in [0, 0.1) is 0 Å². The molecule has 0 radical (unpaired) electrons. The molecule has 0 aliphatic heterocycles. The molecule has 7 aromatic carbocycles. The largest absolute Gasteiger partial charge is 0.366 e. The van der Waals surface area contributed by atoms with E-state index in [1.165, 1.54) is 61.5 Å². The Hall–Kier alpha value is -7.78. The van der Waals surface area contributed by atoms with Gasteiger partial charge in [0, 0.05) is 12.5 Å². The smallest absolute Gasteiger partial charge is 0.261 e. The third kappa shape index (κ3) is 12.9. The highest BCUT2D eigenvalue weighted by molar-refractivity contribution is 7.93. The molecule has 0 spiro atoms. The van der Waals surface area contributed by atoms with Crippen LogP contribution in [0.1, 0.15) is 70.9 Å². The Kier molecular flexibility index (Phi) is 16.8. The number of hydrogen-bond acceptors (Lipinski definition) is 11. The van der Waals surface area contributed by atoms with Crippen LogP contribution in [0.2, 0.25) is 0 Å². The van der Waals surface area contributed by atoms with Gasteiger partial charge in [-0.15, -0.1) is 0 Å². The lowest BCUT2D eigenvalue weighted by atomic mass is 9.83. The van der Waals surface area contributed by atoms with Crippen LogP contribution < -0.4 is 30.1 Å². The van der Waals surface area contributed by atoms with Gasteiger partial charge in [-0.1, -0.05) is 123 Å². The maximum Gasteiger partial charge on any atom is 0.261 e. The number of nitrogens with zero attached hydrogens (tertiary/aromatic N) is 1. The molecule has 0 saturated carbocycles. The van der Waals surface area contributed by atoms with Crippen LogP contribution in [0.25, 0.3) is 21.5 Å². The number of rotatable bonds is 23. The summed E-state index contributed by atoms with van der Waals surface area (Å²) in [6.07, 6.45) is 1.08. The van der Waals surface area contributed by atoms with Crippen LogP contribution in [0.4, 0.5) is 17.1 Å². The van der Waals surface area contributed by atoms with E-state index in [-0.39, 0.29) is 51.6 Å². The van der Waals surface area contributed by atoms with Gasteiger partial charge < -0.3 is 11.1 Å². The van der Waals surface area contributed by atoms with Crippen molar-refractivity contribution < 1.29 is 49.2 Å². The van der Waals surface area contributed by atoms with Crippen molar-refractivity contribution in [1.82, 2.24) is 10.0 Å². The molecule has 74 heavy (non-hydrogen) atoms. The monoisotopic (exact) mass is 1060 g/mol. The molecule has 0 aliphatic carbocycles. The first kappa shape index (κ1) is 54.0. The second-order valence-electron chi connectivity index (χ2n) is 17.6. The molecule has 7 rings (SSSR count). The number of sulfonamides is 3. The van der Waals surface area contributed by atoms with Crippen molar-refractivity contribution in [2.45, 2.75) is 61.3 Å². The van der Waals surface area contributed by atoms with Gasteiger partial charge in [0.25, 0.3) is 31.9 Å². The van der Waals surface area contributed by atoms with Crippen molar-refractivity contribution in [3.63, 3.8) is 0 Å². The Morgan fingerprint density at radius 3 is 1.69 bits per heavy atom. The van der Waals surface area contributed by atoms with Crippen LogP contribution in [-0.2, 0) is 50.9 Å². The molecule has 1 unspecified atom stereocenters. The van der Waals surface area contributed by atoms with E-state index < -0.39 is 95.7 Å². The van der Waals surface area contributed by atoms with Gasteiger partial charge in [0.15, 0.2) is 11.6 Å². The van der Waals surface area contributed by atoms with E-state index >= 15 is 4.79 Å². The maximum atomic E-state index is 16.1. The van der Waals surface area contributed by atoms with Crippen molar-refractivity contribution in [3.8, 4) is 0 Å². The number of amides is 3. The maximum absolute atomic E-state index is 16.1. The van der Waals surface area contributed by atoms with Gasteiger partial charge in [0.1, 0.15) is 0 Å². The summed E-state index contributed by atoms with van der Waals surface area (Å²) in [5.41, 5.74) is 4.32. The zero-order valence-corrected chi connectivity index (χ0v) is 43.0. The van der Waals surface area contributed by atoms with Gasteiger partial charge in [-0.2, -0.15) is 0 Å². The van der Waals surface area contributed by atoms with Crippen LogP contribution in [-0.4, -0.2) is 79.9 Å². The number of carbonyl (C=O) groups is 5. The van der Waals surface area contributed by atoms with Crippen molar-refractivity contribution >= 4 is 98.0 Å². The van der Waals surface area contributed by atoms with E-state index in [0.29, 0.717) is 22.8 Å². The molecule has 20 heteroatoms. The summed E-state index contributed by atoms with van der Waals surface area (Å²) in [6, 6.07) is 37.4. The normalized spacial score (nSPS) is 12.6. The zero-order chi connectivity index (χ0) is 53.4. The quantitative estimate of drug-likeness (QED) is 0.0433. The second-order valence-corrected chi connectivity index (χ2v) is 22.8. The second kappa shape index (κ2) is 23.0. The summed E-state index contributed by atoms with van der Waals surface area (Å²) in [5, 5.41) is 5.13. The van der Waals surface area contributed by atoms with E-state index in [9.17, 15) is 44.4 Å². The first-order valence-electron chi connectivity index (χ1n) is 23.4. The molecule has 0 bridgehead atoms. The van der Waals surface area contributed by atoms with Gasteiger partial charge >= 0.3 is 0 Å². The number of nitrogens with two attached hydrogens (primary N) is 1. The summed E-state index contributed by atoms with van der Waals surface area (Å²) < 4.78 is 90.5. The van der Waals surface area contributed by atoms with E-state index in [1.807, 2.05) is 13.0 Å². The number of benzene rings is 7. The minimum atomic E-state index is -4.66. The van der Waals surface area contributed by atoms with Crippen molar-refractivity contribution in [1.29, 1.82) is 0 Å². The molecule has 0 aromatic heterocycles. The van der Waals surface area contributed by atoms with E-state index in [0.717, 1.165) is 28.0 Å². The molecular formula is C54H54N6O11S3. The predicted molar refractivity (Wildman–Crippen MR) is 285 cm³/mol. The van der Waals surface area contributed by atoms with Gasteiger partial charge in [-0.3, -0.25) is 38.3 Å². The third-order valence-electron chi connectivity index (χ3n) is 12.2. The van der Waals surface area contributed by atoms with Crippen LogP contribution in [0.5, 0.6) is 0 Å². The molecule has 0 heterocycles. The van der Waals surface area contributed by atoms with E-state index in [1.54, 1.807) is 84.9 Å². The number of unbranched alkanes of at least 4 members (excludes halogenated alkanes) is 1. The van der Waals surface area contributed by atoms with Gasteiger partial charge in [0.2, 0.25) is 15.9 Å². The highest BCUT2D eigenvalue weighted by Gasteiger charge is 2.40. The Bertz CT molecular complexity index is 3650. The molecule has 3 amide bonds. The molecule has 0 aliphatic rings. The minimum absolute atomic E-state index is 0.150. The number of Topliss-reactive ketones (excluding diaryl/α,β-unsaturated/α-hetero) is 2. The average molecular weight is 1060 g/mol. The summed E-state index contributed by atoms with van der Waals surface area (Å²) in [4.78, 5) is 72.8. The van der Waals surface area contributed by atoms with E-state index in [2.05, 4.69) is 19.5 Å². The molecule has 6 N–H and O–H groups in total. The lowest BCUT2D eigenvalue weighted by Crippen LogP contribution is -2.50. The minimum Gasteiger partial charge on any atom is -0.366 e. The fourth-order valence-electron chi connectivity index (χ4n) is 8.58. The average Bonchev–Trinajstić information content (AvgIpc) is 3.37. The summed E-state index contributed by atoms with van der Waals surface area (Å²) in [7, 11) is -13.2. The highest BCUT2D eigenvalue weighted by Crippen LogP contribution is 2.43. The predicted octanol–water partition coefficient (Wildman–Crippen LogP) is 7.05. The standard InChI is InChI=1S/C54H54N6O11S3/c1-4-5-23-48(50(63)33-56-35(2)61)60(54(65)43-21-13-14-22-46(43)58-73(68,69)41-26-24-37-17-9-11-19-39(37)31-41)52-44(53(55)64)28-29-47(59-74(70,71)42-27-25-38-18-10-12-20-40(38)32-42)51(52)45(30-36-15-7-6-8-16-36)49(62)34-57-72(3,66)67/h6-22,24-29,31-32,45,48,57-59H,4-5,23,30,33-34H2,1-3H3,(H2,55,64)(H,56,61)/t45-,48?/m1/s1. The summed E-state index contributed by atoms with van der Waals surface area (Å²) >= 11 is 0. The van der Waals surface area contributed by atoms with E-state index in [4.69, 9.17) is 5.73 Å². The molecule has 384 valence electrons. The molecule has 0 saturated heterocycles. The fourth-order valence-corrected chi connectivity index (χ4v) is 11.2. The molecule has 7 aromatic rings. The number of anilines is 3. The van der Waals surface area contributed by atoms with Crippen molar-refractivity contribution in [2.24, 2.45) is 5.73 Å². The number of para-hydroxylation sites is 1. The van der Waals surface area contributed by atoms with Crippen LogP contribution in [0.3, 0.4) is 0 Å². The number of primary amides is 1. The molecule has 0 fully saturated rings. The van der Waals surface area contributed by atoms with Gasteiger partial charge in [-0.05, 0) is 88.5 Å². The first-order valence-corrected chi connectivity index (χ1v) is 28.2. The zero-order valence-electron chi connectivity index (χ0n) is 40.6. The Labute approximate surface area is 429 Å². The SMILES string of the molecule is CCCCC(C(=O)CNC(C)=O)N(C(=O)c1ccccc1NS(=O)(=O)c1ccc2ccccc2c1)c1c(C(N)=O)ccc(NS(=O)(=O)c2ccc3ccccc3c2)c1[C@H](Cc1ccccc1)C(=O)CNS(C)(=O)=O. The number of carbonyl (C=O) groups excluding carboxylic acids is 5. The number of hydrogen-bond donors (Lipinski definition) is 5. The van der Waals surface area contributed by atoms with Crippen molar-refractivity contribution in [2.75, 3.05) is 33.7 Å². The highest BCUT2D eigenvalue weighted by atomic mass is 32.2.